The lowest BCUT2D eigenvalue weighted by Crippen LogP contribution is -2.36. The Labute approximate surface area is 149 Å². The normalized spacial score (nSPS) is 17.4. The van der Waals surface area contributed by atoms with E-state index in [0.717, 1.165) is 36.8 Å². The maximum absolute atomic E-state index is 11.5. The van der Waals surface area contributed by atoms with Crippen LogP contribution in [0.15, 0.2) is 18.5 Å². The van der Waals surface area contributed by atoms with E-state index in [1.54, 1.807) is 20.5 Å². The summed E-state index contributed by atoms with van der Waals surface area (Å²) in [7, 11) is 2.31. The topological polar surface area (TPSA) is 73.8 Å². The predicted molar refractivity (Wildman–Crippen MR) is 96.5 cm³/mol. The Balaban J connectivity index is 1.72. The van der Waals surface area contributed by atoms with Crippen LogP contribution in [0.2, 0.25) is 0 Å². The molecule has 0 radical (unpaired) electrons. The molecule has 1 atom stereocenters. The molecule has 1 unspecified atom stereocenters. The molecule has 0 amide bonds. The van der Waals surface area contributed by atoms with E-state index in [1.807, 2.05) is 16.4 Å². The number of ether oxygens (including phenoxy) is 3. The summed E-state index contributed by atoms with van der Waals surface area (Å²) in [5, 5.41) is 0.798. The van der Waals surface area contributed by atoms with Crippen LogP contribution in [0.3, 0.4) is 0 Å². The summed E-state index contributed by atoms with van der Waals surface area (Å²) in [6, 6.07) is 3.66. The van der Waals surface area contributed by atoms with E-state index >= 15 is 0 Å². The van der Waals surface area contributed by atoms with Crippen molar-refractivity contribution in [3.8, 4) is 17.4 Å². The fourth-order valence-electron chi connectivity index (χ4n) is 3.00. The number of rotatable bonds is 6. The highest BCUT2D eigenvalue weighted by Crippen LogP contribution is 2.34. The van der Waals surface area contributed by atoms with Gasteiger partial charge in [-0.3, -0.25) is 0 Å². The minimum atomic E-state index is -0.886. The number of benzene rings is 1. The third kappa shape index (κ3) is 4.01. The number of methoxy groups -OCH3 is 2. The quantitative estimate of drug-likeness (QED) is 0.780. The first-order valence-corrected chi connectivity index (χ1v) is 9.72. The second kappa shape index (κ2) is 7.97. The fraction of sp³-hybridized carbons (Fsp3) is 0.529. The molecule has 1 aliphatic heterocycles. The molecule has 1 saturated heterocycles. The van der Waals surface area contributed by atoms with Gasteiger partial charge in [-0.2, -0.15) is 0 Å². The van der Waals surface area contributed by atoms with Gasteiger partial charge in [0.05, 0.1) is 42.7 Å². The van der Waals surface area contributed by atoms with Crippen LogP contribution in [-0.2, 0) is 11.0 Å². The second-order valence-corrected chi connectivity index (χ2v) is 7.37. The molecule has 0 bridgehead atoms. The molecule has 1 aromatic carbocycles. The summed E-state index contributed by atoms with van der Waals surface area (Å²) in [5.41, 5.74) is 0.749. The van der Waals surface area contributed by atoms with Gasteiger partial charge >= 0.3 is 0 Å². The van der Waals surface area contributed by atoms with Crippen molar-refractivity contribution in [1.29, 1.82) is 0 Å². The lowest BCUT2D eigenvalue weighted by Gasteiger charge is -2.29. The largest absolute Gasteiger partial charge is 0.493 e. The van der Waals surface area contributed by atoms with Crippen LogP contribution in [0.5, 0.6) is 17.4 Å². The zero-order valence-electron chi connectivity index (χ0n) is 14.7. The van der Waals surface area contributed by atoms with Gasteiger partial charge in [0.2, 0.25) is 5.88 Å². The van der Waals surface area contributed by atoms with E-state index in [0.29, 0.717) is 29.9 Å². The van der Waals surface area contributed by atoms with Gasteiger partial charge < -0.3 is 14.2 Å². The van der Waals surface area contributed by atoms with Crippen molar-refractivity contribution in [3.05, 3.63) is 18.5 Å². The molecule has 136 valence electrons. The number of aromatic nitrogens is 2. The molecule has 1 aromatic heterocycles. The van der Waals surface area contributed by atoms with Crippen LogP contribution in [0, 0.1) is 5.92 Å². The minimum absolute atomic E-state index is 0.435. The number of fused-ring (bicyclic) bond motifs is 1. The minimum Gasteiger partial charge on any atom is -0.493 e. The number of piperidine rings is 1. The van der Waals surface area contributed by atoms with Crippen molar-refractivity contribution in [2.45, 2.75) is 12.8 Å². The first-order chi connectivity index (χ1) is 12.1. The molecule has 25 heavy (non-hydrogen) atoms. The van der Waals surface area contributed by atoms with E-state index in [2.05, 4.69) is 9.97 Å². The average molecular weight is 365 g/mol. The van der Waals surface area contributed by atoms with Crippen molar-refractivity contribution < 1.29 is 18.4 Å². The summed E-state index contributed by atoms with van der Waals surface area (Å²) in [4.78, 5) is 8.56. The van der Waals surface area contributed by atoms with E-state index < -0.39 is 11.0 Å². The maximum Gasteiger partial charge on any atom is 0.224 e. The molecule has 1 fully saturated rings. The van der Waals surface area contributed by atoms with Gasteiger partial charge in [-0.15, -0.1) is 0 Å². The summed E-state index contributed by atoms with van der Waals surface area (Å²) >= 11 is 0. The van der Waals surface area contributed by atoms with Gasteiger partial charge in [0.15, 0.2) is 11.5 Å². The van der Waals surface area contributed by atoms with Gasteiger partial charge in [-0.1, -0.05) is 0 Å². The average Bonchev–Trinajstić information content (AvgIpc) is 2.65. The van der Waals surface area contributed by atoms with Gasteiger partial charge in [0.25, 0.3) is 0 Å². The maximum atomic E-state index is 11.5. The van der Waals surface area contributed by atoms with Crippen LogP contribution in [0.4, 0.5) is 0 Å². The Kier molecular flexibility index (Phi) is 5.70. The molecule has 8 heteroatoms. The Bertz CT molecular complexity index is 763. The molecule has 0 saturated carbocycles. The van der Waals surface area contributed by atoms with Gasteiger partial charge in [0, 0.05) is 25.4 Å². The third-order valence-electron chi connectivity index (χ3n) is 4.50. The first kappa shape index (κ1) is 17.9. The van der Waals surface area contributed by atoms with Crippen molar-refractivity contribution in [3.63, 3.8) is 0 Å². The number of hydrogen-bond acceptors (Lipinski definition) is 6. The van der Waals surface area contributed by atoms with Crippen LogP contribution in [0.1, 0.15) is 12.8 Å². The Hall–Kier alpha value is -1.93. The van der Waals surface area contributed by atoms with Crippen LogP contribution >= 0.6 is 0 Å². The van der Waals surface area contributed by atoms with Gasteiger partial charge in [0.1, 0.15) is 6.33 Å². The Morgan fingerprint density at radius 3 is 2.48 bits per heavy atom. The highest BCUT2D eigenvalue weighted by atomic mass is 32.2. The van der Waals surface area contributed by atoms with Crippen molar-refractivity contribution >= 4 is 21.9 Å². The molecule has 0 aliphatic carbocycles. The van der Waals surface area contributed by atoms with E-state index in [9.17, 15) is 4.21 Å². The predicted octanol–water partition coefficient (Wildman–Crippen LogP) is 2.03. The molecule has 2 heterocycles. The molecule has 0 spiro atoms. The Morgan fingerprint density at radius 2 is 1.84 bits per heavy atom. The van der Waals surface area contributed by atoms with Crippen LogP contribution < -0.4 is 14.2 Å². The summed E-state index contributed by atoms with van der Waals surface area (Å²) in [6.07, 6.45) is 5.16. The zero-order chi connectivity index (χ0) is 17.8. The molecule has 3 rings (SSSR count). The summed E-state index contributed by atoms with van der Waals surface area (Å²) in [6.45, 7) is 2.27. The van der Waals surface area contributed by atoms with Crippen molar-refractivity contribution in [2.24, 2.45) is 5.92 Å². The van der Waals surface area contributed by atoms with Crippen LogP contribution in [0.25, 0.3) is 10.9 Å². The zero-order valence-corrected chi connectivity index (χ0v) is 15.5. The monoisotopic (exact) mass is 365 g/mol. The Morgan fingerprint density at radius 1 is 1.16 bits per heavy atom. The molecule has 7 nitrogen and oxygen atoms in total. The SMILES string of the molecule is COc1cc2ncnc(OCC3CCN(S(C)=O)CC3)c2cc1OC. The molecule has 0 N–H and O–H groups in total. The standard InChI is InChI=1S/C17H23N3O4S/c1-22-15-8-13-14(9-16(15)23-2)18-11-19-17(13)24-10-12-4-6-20(7-5-12)25(3)21/h8-9,11-12H,4-7,10H2,1-3H3. The smallest absolute Gasteiger partial charge is 0.224 e. The first-order valence-electron chi connectivity index (χ1n) is 8.20. The molecular formula is C17H23N3O4S. The van der Waals surface area contributed by atoms with Crippen molar-refractivity contribution in [1.82, 2.24) is 14.3 Å². The van der Waals surface area contributed by atoms with Crippen molar-refractivity contribution in [2.75, 3.05) is 40.2 Å². The van der Waals surface area contributed by atoms with E-state index in [1.165, 1.54) is 6.33 Å². The second-order valence-electron chi connectivity index (χ2n) is 6.01. The third-order valence-corrected chi connectivity index (χ3v) is 5.59. The molecule has 1 aliphatic rings. The van der Waals surface area contributed by atoms with Crippen LogP contribution in [-0.4, -0.2) is 58.7 Å². The van der Waals surface area contributed by atoms with E-state index in [-0.39, 0.29) is 0 Å². The van der Waals surface area contributed by atoms with Gasteiger partial charge in [-0.05, 0) is 24.8 Å². The molecular weight excluding hydrogens is 342 g/mol. The number of nitrogens with zero attached hydrogens (tertiary/aromatic N) is 3. The lowest BCUT2D eigenvalue weighted by atomic mass is 9.99. The van der Waals surface area contributed by atoms with E-state index in [4.69, 9.17) is 14.2 Å². The summed E-state index contributed by atoms with van der Waals surface area (Å²) in [5.74, 6) is 2.23. The van der Waals surface area contributed by atoms with Gasteiger partial charge in [-0.25, -0.2) is 18.5 Å². The summed E-state index contributed by atoms with van der Waals surface area (Å²) < 4.78 is 30.2. The highest BCUT2D eigenvalue weighted by molar-refractivity contribution is 7.81. The fourth-order valence-corrected chi connectivity index (χ4v) is 3.73. The lowest BCUT2D eigenvalue weighted by molar-refractivity contribution is 0.185. The number of hydrogen-bond donors (Lipinski definition) is 0. The molecule has 2 aromatic rings. The highest BCUT2D eigenvalue weighted by Gasteiger charge is 2.22.